The fraction of sp³-hybridized carbons (Fsp3) is 0.444. The predicted molar refractivity (Wildman–Crippen MR) is 42.8 cm³/mol. The number of rotatable bonds is 2. The lowest BCUT2D eigenvalue weighted by molar-refractivity contribution is -0.134. The van der Waals surface area contributed by atoms with Gasteiger partial charge in [-0.25, -0.2) is 8.78 Å². The summed E-state index contributed by atoms with van der Waals surface area (Å²) in [5.41, 5.74) is 0. The SMILES string of the molecule is FC1(F)CC(Oc2cccnc2)C1. The highest BCUT2D eigenvalue weighted by molar-refractivity contribution is 5.16. The number of hydrogen-bond donors (Lipinski definition) is 0. The standard InChI is InChI=1S/C9H9F2NO/c10-9(11)4-8(5-9)13-7-2-1-3-12-6-7/h1-3,6,8H,4-5H2. The van der Waals surface area contributed by atoms with Crippen LogP contribution in [0.25, 0.3) is 0 Å². The minimum atomic E-state index is -2.52. The van der Waals surface area contributed by atoms with Crippen molar-refractivity contribution in [3.63, 3.8) is 0 Å². The van der Waals surface area contributed by atoms with Crippen molar-refractivity contribution in [1.82, 2.24) is 4.98 Å². The smallest absolute Gasteiger partial charge is 0.255 e. The van der Waals surface area contributed by atoms with Crippen molar-refractivity contribution in [3.05, 3.63) is 24.5 Å². The third-order valence-corrected chi connectivity index (χ3v) is 1.99. The first-order valence-electron chi connectivity index (χ1n) is 4.10. The van der Waals surface area contributed by atoms with E-state index in [-0.39, 0.29) is 18.9 Å². The van der Waals surface area contributed by atoms with Crippen LogP contribution in [0.2, 0.25) is 0 Å². The van der Waals surface area contributed by atoms with Crippen molar-refractivity contribution in [2.45, 2.75) is 24.9 Å². The topological polar surface area (TPSA) is 22.1 Å². The van der Waals surface area contributed by atoms with Crippen LogP contribution in [-0.4, -0.2) is 17.0 Å². The summed E-state index contributed by atoms with van der Waals surface area (Å²) >= 11 is 0. The molecule has 0 aliphatic heterocycles. The Morgan fingerprint density at radius 3 is 2.77 bits per heavy atom. The Bertz CT molecular complexity index is 281. The Labute approximate surface area is 74.5 Å². The van der Waals surface area contributed by atoms with Crippen LogP contribution in [0.4, 0.5) is 8.78 Å². The summed E-state index contributed by atoms with van der Waals surface area (Å²) in [5.74, 6) is -1.96. The van der Waals surface area contributed by atoms with Gasteiger partial charge in [0.15, 0.2) is 0 Å². The molecule has 1 aliphatic rings. The maximum atomic E-state index is 12.4. The molecule has 0 amide bonds. The molecule has 1 fully saturated rings. The zero-order valence-corrected chi connectivity index (χ0v) is 6.91. The van der Waals surface area contributed by atoms with E-state index in [0.717, 1.165) is 0 Å². The van der Waals surface area contributed by atoms with Gasteiger partial charge in [-0.05, 0) is 12.1 Å². The Kier molecular flexibility index (Phi) is 1.90. The third kappa shape index (κ3) is 1.94. The molecule has 1 saturated carbocycles. The highest BCUT2D eigenvalue weighted by Gasteiger charge is 2.46. The van der Waals surface area contributed by atoms with E-state index in [1.54, 1.807) is 18.3 Å². The molecule has 0 aromatic carbocycles. The number of alkyl halides is 2. The van der Waals surface area contributed by atoms with E-state index in [1.165, 1.54) is 6.20 Å². The van der Waals surface area contributed by atoms with Crippen LogP contribution >= 0.6 is 0 Å². The summed E-state index contributed by atoms with van der Waals surface area (Å²) in [7, 11) is 0. The number of ether oxygens (including phenoxy) is 1. The summed E-state index contributed by atoms with van der Waals surface area (Å²) < 4.78 is 30.0. The average Bonchev–Trinajstić information content (AvgIpc) is 2.03. The maximum Gasteiger partial charge on any atom is 0.255 e. The molecule has 1 aromatic rings. The molecule has 2 nitrogen and oxygen atoms in total. The number of halogens is 2. The third-order valence-electron chi connectivity index (χ3n) is 1.99. The van der Waals surface area contributed by atoms with Gasteiger partial charge in [-0.3, -0.25) is 4.98 Å². The molecule has 70 valence electrons. The zero-order chi connectivity index (χ0) is 9.31. The Balaban J connectivity index is 1.88. The number of aromatic nitrogens is 1. The Morgan fingerprint density at radius 1 is 1.46 bits per heavy atom. The predicted octanol–water partition coefficient (Wildman–Crippen LogP) is 2.26. The summed E-state index contributed by atoms with van der Waals surface area (Å²) in [6, 6.07) is 3.43. The van der Waals surface area contributed by atoms with Crippen LogP contribution in [0.5, 0.6) is 5.75 Å². The van der Waals surface area contributed by atoms with Gasteiger partial charge in [-0.15, -0.1) is 0 Å². The molecular formula is C9H9F2NO. The Morgan fingerprint density at radius 2 is 2.23 bits per heavy atom. The molecule has 0 atom stereocenters. The van der Waals surface area contributed by atoms with E-state index in [9.17, 15) is 8.78 Å². The highest BCUT2D eigenvalue weighted by atomic mass is 19.3. The molecule has 0 unspecified atom stereocenters. The number of nitrogens with zero attached hydrogens (tertiary/aromatic N) is 1. The molecule has 1 aliphatic carbocycles. The van der Waals surface area contributed by atoms with Gasteiger partial charge in [-0.2, -0.15) is 0 Å². The molecule has 13 heavy (non-hydrogen) atoms. The van der Waals surface area contributed by atoms with Gasteiger partial charge in [-0.1, -0.05) is 0 Å². The van der Waals surface area contributed by atoms with Gasteiger partial charge < -0.3 is 4.74 Å². The second-order valence-corrected chi connectivity index (χ2v) is 3.19. The number of pyridine rings is 1. The van der Waals surface area contributed by atoms with Crippen molar-refractivity contribution in [2.24, 2.45) is 0 Å². The molecule has 1 aromatic heterocycles. The second-order valence-electron chi connectivity index (χ2n) is 3.19. The van der Waals surface area contributed by atoms with Crippen LogP contribution in [0.3, 0.4) is 0 Å². The van der Waals surface area contributed by atoms with E-state index >= 15 is 0 Å². The number of hydrogen-bond acceptors (Lipinski definition) is 2. The highest BCUT2D eigenvalue weighted by Crippen LogP contribution is 2.39. The quantitative estimate of drug-likeness (QED) is 0.705. The minimum Gasteiger partial charge on any atom is -0.488 e. The molecule has 0 N–H and O–H groups in total. The van der Waals surface area contributed by atoms with Gasteiger partial charge in [0.05, 0.1) is 6.20 Å². The van der Waals surface area contributed by atoms with Crippen molar-refractivity contribution >= 4 is 0 Å². The molecule has 1 heterocycles. The fourth-order valence-electron chi connectivity index (χ4n) is 1.30. The first-order chi connectivity index (χ1) is 6.16. The largest absolute Gasteiger partial charge is 0.488 e. The van der Waals surface area contributed by atoms with Crippen molar-refractivity contribution in [2.75, 3.05) is 0 Å². The monoisotopic (exact) mass is 185 g/mol. The molecule has 2 rings (SSSR count). The van der Waals surface area contributed by atoms with Crippen LogP contribution in [0.1, 0.15) is 12.8 Å². The lowest BCUT2D eigenvalue weighted by atomic mass is 9.91. The van der Waals surface area contributed by atoms with E-state index in [4.69, 9.17) is 4.74 Å². The molecule has 0 spiro atoms. The van der Waals surface area contributed by atoms with Crippen LogP contribution in [-0.2, 0) is 0 Å². The molecular weight excluding hydrogens is 176 g/mol. The van der Waals surface area contributed by atoms with E-state index < -0.39 is 5.92 Å². The van der Waals surface area contributed by atoms with Crippen LogP contribution in [0, 0.1) is 0 Å². The lowest BCUT2D eigenvalue weighted by Crippen LogP contribution is -2.43. The first kappa shape index (κ1) is 8.41. The van der Waals surface area contributed by atoms with E-state index in [2.05, 4.69) is 4.98 Å². The summed E-state index contributed by atoms with van der Waals surface area (Å²) in [4.78, 5) is 3.82. The maximum absolute atomic E-state index is 12.4. The van der Waals surface area contributed by atoms with Gasteiger partial charge in [0.1, 0.15) is 11.9 Å². The lowest BCUT2D eigenvalue weighted by Gasteiger charge is -2.34. The van der Waals surface area contributed by atoms with Gasteiger partial charge in [0.2, 0.25) is 0 Å². The van der Waals surface area contributed by atoms with E-state index in [1.807, 2.05) is 0 Å². The van der Waals surface area contributed by atoms with Crippen molar-refractivity contribution in [1.29, 1.82) is 0 Å². The van der Waals surface area contributed by atoms with E-state index in [0.29, 0.717) is 5.75 Å². The van der Waals surface area contributed by atoms with Gasteiger partial charge in [0.25, 0.3) is 5.92 Å². The summed E-state index contributed by atoms with van der Waals surface area (Å²) in [6.07, 6.45) is 2.43. The average molecular weight is 185 g/mol. The Hall–Kier alpha value is -1.19. The fourth-order valence-corrected chi connectivity index (χ4v) is 1.30. The first-order valence-corrected chi connectivity index (χ1v) is 4.10. The molecule has 0 bridgehead atoms. The van der Waals surface area contributed by atoms with Crippen LogP contribution < -0.4 is 4.74 Å². The summed E-state index contributed by atoms with van der Waals surface area (Å²) in [6.45, 7) is 0. The van der Waals surface area contributed by atoms with Crippen molar-refractivity contribution in [3.8, 4) is 5.75 Å². The normalized spacial score (nSPS) is 20.8. The van der Waals surface area contributed by atoms with Crippen molar-refractivity contribution < 1.29 is 13.5 Å². The van der Waals surface area contributed by atoms with Gasteiger partial charge in [0, 0.05) is 19.0 Å². The zero-order valence-electron chi connectivity index (χ0n) is 6.91. The molecule has 0 radical (unpaired) electrons. The van der Waals surface area contributed by atoms with Crippen LogP contribution in [0.15, 0.2) is 24.5 Å². The summed E-state index contributed by atoms with van der Waals surface area (Å²) in [5, 5.41) is 0. The second kappa shape index (κ2) is 2.94. The molecule has 4 heteroatoms. The van der Waals surface area contributed by atoms with Gasteiger partial charge >= 0.3 is 0 Å². The minimum absolute atomic E-state index is 0.179. The molecule has 0 saturated heterocycles.